The highest BCUT2D eigenvalue weighted by Crippen LogP contribution is 2.29. The van der Waals surface area contributed by atoms with Gasteiger partial charge in [0, 0.05) is 5.56 Å². The van der Waals surface area contributed by atoms with Crippen LogP contribution in [0.25, 0.3) is 0 Å². The van der Waals surface area contributed by atoms with Crippen molar-refractivity contribution in [1.29, 1.82) is 0 Å². The fourth-order valence-electron chi connectivity index (χ4n) is 2.06. The molecule has 0 aliphatic heterocycles. The first-order valence-electron chi connectivity index (χ1n) is 6.26. The van der Waals surface area contributed by atoms with Gasteiger partial charge >= 0.3 is 0 Å². The zero-order valence-corrected chi connectivity index (χ0v) is 12.6. The highest BCUT2D eigenvalue weighted by molar-refractivity contribution is 9.10. The Hall–Kier alpha value is -1.40. The highest BCUT2D eigenvalue weighted by atomic mass is 79.9. The molecule has 1 N–H and O–H groups in total. The molecule has 0 fully saturated rings. The highest BCUT2D eigenvalue weighted by Gasteiger charge is 2.20. The molecule has 0 spiro atoms. The van der Waals surface area contributed by atoms with Crippen molar-refractivity contribution in [3.63, 3.8) is 0 Å². The number of rotatable bonds is 4. The van der Waals surface area contributed by atoms with Crippen LogP contribution in [0.3, 0.4) is 0 Å². The molecule has 21 heavy (non-hydrogen) atoms. The molecule has 2 aromatic carbocycles. The van der Waals surface area contributed by atoms with Crippen LogP contribution < -0.4 is 5.32 Å². The summed E-state index contributed by atoms with van der Waals surface area (Å²) in [6.07, 6.45) is 0. The largest absolute Gasteiger partial charge is 0.306 e. The molecular weight excluding hydrogens is 350 g/mol. The Morgan fingerprint density at radius 2 is 1.67 bits per heavy atom. The van der Waals surface area contributed by atoms with E-state index in [2.05, 4.69) is 21.2 Å². The maximum absolute atomic E-state index is 14.1. The zero-order valence-electron chi connectivity index (χ0n) is 11.1. The van der Waals surface area contributed by atoms with Crippen molar-refractivity contribution in [2.24, 2.45) is 0 Å². The summed E-state index contributed by atoms with van der Waals surface area (Å²) < 4.78 is 54.1. The van der Waals surface area contributed by atoms with E-state index in [4.69, 9.17) is 0 Å². The third kappa shape index (κ3) is 3.44. The van der Waals surface area contributed by atoms with Crippen LogP contribution in [0.1, 0.15) is 24.1 Å². The van der Waals surface area contributed by atoms with E-state index >= 15 is 0 Å². The molecule has 0 heterocycles. The van der Waals surface area contributed by atoms with E-state index < -0.39 is 29.3 Å². The molecule has 112 valence electrons. The van der Waals surface area contributed by atoms with Gasteiger partial charge in [-0.15, -0.1) is 0 Å². The van der Waals surface area contributed by atoms with Crippen LogP contribution in [0.4, 0.5) is 17.6 Å². The lowest BCUT2D eigenvalue weighted by atomic mass is 9.97. The molecule has 1 nitrogen and oxygen atoms in total. The van der Waals surface area contributed by atoms with Gasteiger partial charge in [0.25, 0.3) is 0 Å². The molecule has 0 saturated heterocycles. The minimum absolute atomic E-state index is 0.00397. The van der Waals surface area contributed by atoms with E-state index in [1.54, 1.807) is 6.92 Å². The van der Waals surface area contributed by atoms with Crippen LogP contribution in [0.15, 0.2) is 34.8 Å². The lowest BCUT2D eigenvalue weighted by Gasteiger charge is -2.20. The fourth-order valence-corrected chi connectivity index (χ4v) is 2.38. The lowest BCUT2D eigenvalue weighted by Crippen LogP contribution is -2.23. The summed E-state index contributed by atoms with van der Waals surface area (Å²) in [6, 6.07) is 4.55. The summed E-state index contributed by atoms with van der Waals surface area (Å²) >= 11 is 2.90. The summed E-state index contributed by atoms with van der Waals surface area (Å²) in [5.41, 5.74) is 0.347. The van der Waals surface area contributed by atoms with Crippen LogP contribution in [0.5, 0.6) is 0 Å². The molecule has 2 aromatic rings. The molecule has 1 atom stereocenters. The quantitative estimate of drug-likeness (QED) is 0.614. The third-order valence-electron chi connectivity index (χ3n) is 3.04. The molecule has 6 heteroatoms. The van der Waals surface area contributed by atoms with Gasteiger partial charge in [-0.2, -0.15) is 0 Å². The Kier molecular flexibility index (Phi) is 5.00. The van der Waals surface area contributed by atoms with Crippen LogP contribution in [0, 0.1) is 23.3 Å². The molecule has 0 aliphatic carbocycles. The van der Waals surface area contributed by atoms with Gasteiger partial charge in [0.1, 0.15) is 11.6 Å². The van der Waals surface area contributed by atoms with E-state index in [0.29, 0.717) is 12.1 Å². The minimum Gasteiger partial charge on any atom is -0.306 e. The van der Waals surface area contributed by atoms with Crippen LogP contribution in [-0.2, 0) is 0 Å². The second kappa shape index (κ2) is 6.58. The van der Waals surface area contributed by atoms with E-state index in [-0.39, 0.29) is 10.0 Å². The van der Waals surface area contributed by atoms with Crippen molar-refractivity contribution in [1.82, 2.24) is 5.32 Å². The van der Waals surface area contributed by atoms with Crippen LogP contribution in [0.2, 0.25) is 0 Å². The molecule has 0 aromatic heterocycles. The summed E-state index contributed by atoms with van der Waals surface area (Å²) in [6.45, 7) is 2.22. The van der Waals surface area contributed by atoms with Gasteiger partial charge in [-0.3, -0.25) is 0 Å². The Labute approximate surface area is 128 Å². The second-order valence-corrected chi connectivity index (χ2v) is 5.31. The van der Waals surface area contributed by atoms with Crippen molar-refractivity contribution in [2.45, 2.75) is 13.0 Å². The van der Waals surface area contributed by atoms with E-state index in [1.807, 2.05) is 0 Å². The Bertz CT molecular complexity index is 660. The minimum atomic E-state index is -1.03. The summed E-state index contributed by atoms with van der Waals surface area (Å²) in [5.74, 6) is -3.29. The average molecular weight is 362 g/mol. The van der Waals surface area contributed by atoms with Crippen molar-refractivity contribution < 1.29 is 17.6 Å². The number of hydrogen-bond donors (Lipinski definition) is 1. The monoisotopic (exact) mass is 361 g/mol. The van der Waals surface area contributed by atoms with Crippen LogP contribution in [-0.4, -0.2) is 6.54 Å². The second-order valence-electron chi connectivity index (χ2n) is 4.45. The standard InChI is InChI=1S/C15H12BrF4N/c1-2-21-15(8-3-4-11(17)14(20)5-8)9-6-13(19)10(16)7-12(9)18/h3-7,15,21H,2H2,1H3. The van der Waals surface area contributed by atoms with Crippen molar-refractivity contribution >= 4 is 15.9 Å². The smallest absolute Gasteiger partial charge is 0.159 e. The van der Waals surface area contributed by atoms with Gasteiger partial charge in [-0.25, -0.2) is 17.6 Å². The Morgan fingerprint density at radius 1 is 0.952 bits per heavy atom. The SMILES string of the molecule is CCNC(c1ccc(F)c(F)c1)c1cc(F)c(Br)cc1F. The summed E-state index contributed by atoms with van der Waals surface area (Å²) in [5, 5.41) is 2.94. The maximum Gasteiger partial charge on any atom is 0.159 e. The van der Waals surface area contributed by atoms with Crippen molar-refractivity contribution in [2.75, 3.05) is 6.54 Å². The number of benzene rings is 2. The van der Waals surface area contributed by atoms with E-state index in [1.165, 1.54) is 6.07 Å². The molecule has 0 radical (unpaired) electrons. The van der Waals surface area contributed by atoms with Gasteiger partial charge in [0.15, 0.2) is 11.6 Å². The zero-order chi connectivity index (χ0) is 15.6. The first-order chi connectivity index (χ1) is 9.93. The van der Waals surface area contributed by atoms with Gasteiger partial charge in [-0.05, 0) is 52.3 Å². The van der Waals surface area contributed by atoms with Gasteiger partial charge < -0.3 is 5.32 Å². The van der Waals surface area contributed by atoms with E-state index in [9.17, 15) is 17.6 Å². The summed E-state index contributed by atoms with van der Waals surface area (Å²) in [4.78, 5) is 0. The normalized spacial score (nSPS) is 12.5. The number of hydrogen-bond acceptors (Lipinski definition) is 1. The van der Waals surface area contributed by atoms with E-state index in [0.717, 1.165) is 24.3 Å². The first kappa shape index (κ1) is 16.0. The molecule has 0 aliphatic rings. The molecule has 2 rings (SSSR count). The predicted molar refractivity (Wildman–Crippen MR) is 75.9 cm³/mol. The maximum atomic E-state index is 14.1. The third-order valence-corrected chi connectivity index (χ3v) is 3.64. The Morgan fingerprint density at radius 3 is 2.29 bits per heavy atom. The molecule has 0 bridgehead atoms. The molecule has 0 saturated carbocycles. The topological polar surface area (TPSA) is 12.0 Å². The van der Waals surface area contributed by atoms with Gasteiger partial charge in [-0.1, -0.05) is 13.0 Å². The van der Waals surface area contributed by atoms with Gasteiger partial charge in [0.2, 0.25) is 0 Å². The molecular formula is C15H12BrF4N. The average Bonchev–Trinajstić information content (AvgIpc) is 2.44. The lowest BCUT2D eigenvalue weighted by molar-refractivity contribution is 0.501. The van der Waals surface area contributed by atoms with Gasteiger partial charge in [0.05, 0.1) is 10.5 Å². The fraction of sp³-hybridized carbons (Fsp3) is 0.200. The number of nitrogens with one attached hydrogen (secondary N) is 1. The Balaban J connectivity index is 2.52. The molecule has 0 amide bonds. The molecule has 1 unspecified atom stereocenters. The number of halogens is 5. The predicted octanol–water partition coefficient (Wildman–Crippen LogP) is 4.70. The summed E-state index contributed by atoms with van der Waals surface area (Å²) in [7, 11) is 0. The van der Waals surface area contributed by atoms with Crippen LogP contribution >= 0.6 is 15.9 Å². The van der Waals surface area contributed by atoms with Crippen molar-refractivity contribution in [3.05, 3.63) is 69.2 Å². The first-order valence-corrected chi connectivity index (χ1v) is 7.06. The van der Waals surface area contributed by atoms with Crippen molar-refractivity contribution in [3.8, 4) is 0 Å².